The van der Waals surface area contributed by atoms with Gasteiger partial charge in [0.2, 0.25) is 0 Å². The lowest BCUT2D eigenvalue weighted by molar-refractivity contribution is 0.102. The van der Waals surface area contributed by atoms with Gasteiger partial charge in [0, 0.05) is 13.0 Å². The molecule has 0 aromatic heterocycles. The normalized spacial score (nSPS) is 22.8. The molecule has 1 aliphatic rings. The monoisotopic (exact) mass is 163 g/mol. The van der Waals surface area contributed by atoms with Gasteiger partial charge in [-0.1, -0.05) is 30.3 Å². The van der Waals surface area contributed by atoms with Crippen LogP contribution in [0.4, 0.5) is 0 Å². The summed E-state index contributed by atoms with van der Waals surface area (Å²) in [5.41, 5.74) is 1.33. The molecule has 12 heavy (non-hydrogen) atoms. The standard InChI is InChI=1S/C10H13NO/c1-2-4-9(5-3-1)8-10-11-6-7-12-10/h1-5,10-11H,6-8H2. The van der Waals surface area contributed by atoms with Crippen molar-refractivity contribution in [2.75, 3.05) is 13.2 Å². The van der Waals surface area contributed by atoms with Crippen molar-refractivity contribution in [1.82, 2.24) is 5.32 Å². The first-order chi connectivity index (χ1) is 5.95. The van der Waals surface area contributed by atoms with E-state index in [1.54, 1.807) is 0 Å². The molecular weight excluding hydrogens is 150 g/mol. The van der Waals surface area contributed by atoms with Gasteiger partial charge in [-0.3, -0.25) is 5.32 Å². The molecule has 2 nitrogen and oxygen atoms in total. The average Bonchev–Trinajstić information content (AvgIpc) is 2.59. The van der Waals surface area contributed by atoms with Gasteiger partial charge in [0.1, 0.15) is 6.23 Å². The molecule has 2 rings (SSSR count). The molecule has 1 N–H and O–H groups in total. The van der Waals surface area contributed by atoms with Gasteiger partial charge in [0.25, 0.3) is 0 Å². The largest absolute Gasteiger partial charge is 0.362 e. The molecule has 0 spiro atoms. The van der Waals surface area contributed by atoms with Gasteiger partial charge in [-0.05, 0) is 5.56 Å². The molecule has 0 radical (unpaired) electrons. The number of rotatable bonds is 2. The summed E-state index contributed by atoms with van der Waals surface area (Å²) >= 11 is 0. The zero-order valence-corrected chi connectivity index (χ0v) is 6.99. The van der Waals surface area contributed by atoms with Crippen LogP contribution in [0.2, 0.25) is 0 Å². The van der Waals surface area contributed by atoms with Crippen LogP contribution >= 0.6 is 0 Å². The highest BCUT2D eigenvalue weighted by atomic mass is 16.5. The number of hydrogen-bond acceptors (Lipinski definition) is 2. The second kappa shape index (κ2) is 3.70. The van der Waals surface area contributed by atoms with Crippen LogP contribution in [0.5, 0.6) is 0 Å². The molecule has 2 heteroatoms. The third-order valence-corrected chi connectivity index (χ3v) is 2.06. The van der Waals surface area contributed by atoms with Crippen molar-refractivity contribution < 1.29 is 4.74 Å². The van der Waals surface area contributed by atoms with Crippen LogP contribution in [-0.2, 0) is 11.2 Å². The predicted octanol–water partition coefficient (Wildman–Crippen LogP) is 1.18. The molecule has 0 amide bonds. The second-order valence-corrected chi connectivity index (χ2v) is 3.00. The highest BCUT2D eigenvalue weighted by molar-refractivity contribution is 5.15. The van der Waals surface area contributed by atoms with E-state index in [1.807, 2.05) is 6.07 Å². The number of nitrogens with one attached hydrogen (secondary N) is 1. The first-order valence-electron chi connectivity index (χ1n) is 4.34. The second-order valence-electron chi connectivity index (χ2n) is 3.00. The summed E-state index contributed by atoms with van der Waals surface area (Å²) in [4.78, 5) is 0. The fourth-order valence-corrected chi connectivity index (χ4v) is 1.44. The Labute approximate surface area is 72.5 Å². The Balaban J connectivity index is 1.94. The summed E-state index contributed by atoms with van der Waals surface area (Å²) in [6.45, 7) is 1.83. The van der Waals surface area contributed by atoms with Crippen molar-refractivity contribution in [2.24, 2.45) is 0 Å². The van der Waals surface area contributed by atoms with Crippen LogP contribution in [0.15, 0.2) is 30.3 Å². The number of hydrogen-bond donors (Lipinski definition) is 1. The van der Waals surface area contributed by atoms with E-state index in [1.165, 1.54) is 5.56 Å². The molecule has 0 saturated carbocycles. The molecule has 1 saturated heterocycles. The van der Waals surface area contributed by atoms with E-state index in [0.29, 0.717) is 0 Å². The number of ether oxygens (including phenoxy) is 1. The Morgan fingerprint density at radius 1 is 1.33 bits per heavy atom. The van der Waals surface area contributed by atoms with Crippen LogP contribution in [0.3, 0.4) is 0 Å². The van der Waals surface area contributed by atoms with Gasteiger partial charge in [0.05, 0.1) is 6.61 Å². The highest BCUT2D eigenvalue weighted by Gasteiger charge is 2.13. The van der Waals surface area contributed by atoms with Gasteiger partial charge < -0.3 is 4.74 Å². The van der Waals surface area contributed by atoms with Crippen LogP contribution in [0.25, 0.3) is 0 Å². The lowest BCUT2D eigenvalue weighted by atomic mass is 10.1. The average molecular weight is 163 g/mol. The molecule has 1 fully saturated rings. The zero-order chi connectivity index (χ0) is 8.23. The van der Waals surface area contributed by atoms with Crippen LogP contribution in [-0.4, -0.2) is 19.4 Å². The Bertz CT molecular complexity index is 229. The summed E-state index contributed by atoms with van der Waals surface area (Å²) < 4.78 is 5.45. The van der Waals surface area contributed by atoms with Crippen LogP contribution < -0.4 is 5.32 Å². The maximum atomic E-state index is 5.45. The minimum atomic E-state index is 0.229. The van der Waals surface area contributed by atoms with E-state index in [4.69, 9.17) is 4.74 Å². The minimum absolute atomic E-state index is 0.229. The Kier molecular flexibility index (Phi) is 2.39. The van der Waals surface area contributed by atoms with E-state index in [2.05, 4.69) is 29.6 Å². The summed E-state index contributed by atoms with van der Waals surface area (Å²) in [6.07, 6.45) is 1.20. The molecule has 1 unspecified atom stereocenters. The van der Waals surface area contributed by atoms with E-state index >= 15 is 0 Å². The van der Waals surface area contributed by atoms with E-state index in [-0.39, 0.29) is 6.23 Å². The van der Waals surface area contributed by atoms with E-state index in [0.717, 1.165) is 19.6 Å². The summed E-state index contributed by atoms with van der Waals surface area (Å²) in [7, 11) is 0. The third-order valence-electron chi connectivity index (χ3n) is 2.06. The Morgan fingerprint density at radius 3 is 2.83 bits per heavy atom. The quantitative estimate of drug-likeness (QED) is 0.706. The third kappa shape index (κ3) is 1.84. The van der Waals surface area contributed by atoms with Crippen molar-refractivity contribution in [3.8, 4) is 0 Å². The van der Waals surface area contributed by atoms with E-state index in [9.17, 15) is 0 Å². The lowest BCUT2D eigenvalue weighted by Crippen LogP contribution is -2.24. The molecule has 0 bridgehead atoms. The molecule has 0 aliphatic carbocycles. The van der Waals surface area contributed by atoms with Crippen LogP contribution in [0.1, 0.15) is 5.56 Å². The van der Waals surface area contributed by atoms with Gasteiger partial charge in [0.15, 0.2) is 0 Å². The summed E-state index contributed by atoms with van der Waals surface area (Å²) in [6, 6.07) is 10.4. The SMILES string of the molecule is c1ccc(CC2NCCO2)cc1. The Hall–Kier alpha value is -0.860. The molecule has 1 heterocycles. The molecular formula is C10H13NO. The predicted molar refractivity (Wildman–Crippen MR) is 47.9 cm³/mol. The van der Waals surface area contributed by atoms with Crippen molar-refractivity contribution in [2.45, 2.75) is 12.6 Å². The molecule has 64 valence electrons. The van der Waals surface area contributed by atoms with Crippen molar-refractivity contribution in [1.29, 1.82) is 0 Å². The topological polar surface area (TPSA) is 21.3 Å². The van der Waals surface area contributed by atoms with E-state index < -0.39 is 0 Å². The first-order valence-corrected chi connectivity index (χ1v) is 4.34. The highest BCUT2D eigenvalue weighted by Crippen LogP contribution is 2.06. The van der Waals surface area contributed by atoms with Crippen molar-refractivity contribution in [3.63, 3.8) is 0 Å². The molecule has 1 aromatic rings. The summed E-state index contributed by atoms with van der Waals surface area (Å²) in [5.74, 6) is 0. The van der Waals surface area contributed by atoms with Crippen LogP contribution in [0, 0.1) is 0 Å². The molecule has 1 aromatic carbocycles. The minimum Gasteiger partial charge on any atom is -0.362 e. The van der Waals surface area contributed by atoms with Gasteiger partial charge in [-0.2, -0.15) is 0 Å². The lowest BCUT2D eigenvalue weighted by Gasteiger charge is -2.08. The first kappa shape index (κ1) is 7.77. The van der Waals surface area contributed by atoms with Crippen molar-refractivity contribution in [3.05, 3.63) is 35.9 Å². The zero-order valence-electron chi connectivity index (χ0n) is 6.99. The maximum Gasteiger partial charge on any atom is 0.112 e. The Morgan fingerprint density at radius 2 is 2.17 bits per heavy atom. The van der Waals surface area contributed by atoms with Crippen molar-refractivity contribution >= 4 is 0 Å². The van der Waals surface area contributed by atoms with Gasteiger partial charge in [-0.25, -0.2) is 0 Å². The summed E-state index contributed by atoms with van der Waals surface area (Å²) in [5, 5.41) is 3.28. The maximum absolute atomic E-state index is 5.45. The fourth-order valence-electron chi connectivity index (χ4n) is 1.44. The number of benzene rings is 1. The van der Waals surface area contributed by atoms with Gasteiger partial charge in [-0.15, -0.1) is 0 Å². The van der Waals surface area contributed by atoms with Gasteiger partial charge >= 0.3 is 0 Å². The molecule has 1 atom stereocenters. The molecule has 1 aliphatic heterocycles. The smallest absolute Gasteiger partial charge is 0.112 e. The fraction of sp³-hybridized carbons (Fsp3) is 0.400.